The van der Waals surface area contributed by atoms with Gasteiger partial charge in [-0.15, -0.1) is 0 Å². The fourth-order valence-corrected chi connectivity index (χ4v) is 3.41. The monoisotopic (exact) mass is 493 g/mol. The zero-order chi connectivity index (χ0) is 25.4. The van der Waals surface area contributed by atoms with Crippen LogP contribution in [-0.4, -0.2) is 74.8 Å². The molecule has 0 aliphatic heterocycles. The number of H-pyrrole nitrogens is 1. The molecule has 4 atom stereocenters. The fourth-order valence-electron chi connectivity index (χ4n) is 3.15. The van der Waals surface area contributed by atoms with Crippen LogP contribution in [-0.2, 0) is 30.4 Å². The lowest BCUT2D eigenvalue weighted by Crippen LogP contribution is -2.57. The van der Waals surface area contributed by atoms with Crippen molar-refractivity contribution in [3.8, 4) is 0 Å². The largest absolute Gasteiger partial charge is 0.481 e. The third kappa shape index (κ3) is 7.22. The van der Waals surface area contributed by atoms with Crippen molar-refractivity contribution in [1.82, 2.24) is 20.9 Å². The van der Waals surface area contributed by atoms with E-state index in [0.29, 0.717) is 5.56 Å². The molecule has 8 N–H and O–H groups in total. The number of para-hydroxylation sites is 1. The molecule has 0 aliphatic carbocycles. The summed E-state index contributed by atoms with van der Waals surface area (Å²) in [6.07, 6.45) is 1.06. The maximum atomic E-state index is 12.6. The molecule has 1 aromatic carbocycles. The average molecular weight is 494 g/mol. The Morgan fingerprint density at radius 3 is 2.26 bits per heavy atom. The Labute approximate surface area is 200 Å². The van der Waals surface area contributed by atoms with Gasteiger partial charge in [-0.2, -0.15) is 12.6 Å². The van der Waals surface area contributed by atoms with Gasteiger partial charge < -0.3 is 36.9 Å². The van der Waals surface area contributed by atoms with Gasteiger partial charge in [0.25, 0.3) is 0 Å². The average Bonchev–Trinajstić information content (AvgIpc) is 3.18. The first-order chi connectivity index (χ1) is 16.0. The summed E-state index contributed by atoms with van der Waals surface area (Å²) in [5.74, 6) is -5.04. The van der Waals surface area contributed by atoms with E-state index in [2.05, 4.69) is 33.6 Å². The van der Waals surface area contributed by atoms with Crippen molar-refractivity contribution < 1.29 is 34.2 Å². The van der Waals surface area contributed by atoms with Gasteiger partial charge in [0.05, 0.1) is 12.5 Å². The van der Waals surface area contributed by atoms with Crippen molar-refractivity contribution in [1.29, 1.82) is 0 Å². The van der Waals surface area contributed by atoms with Gasteiger partial charge in [-0.3, -0.25) is 19.2 Å². The molecule has 184 valence electrons. The number of aromatic amines is 1. The van der Waals surface area contributed by atoms with Crippen molar-refractivity contribution in [2.24, 2.45) is 5.73 Å². The van der Waals surface area contributed by atoms with E-state index in [1.165, 1.54) is 6.92 Å². The summed E-state index contributed by atoms with van der Waals surface area (Å²) in [7, 11) is 0. The Kier molecular flexibility index (Phi) is 9.45. The zero-order valence-electron chi connectivity index (χ0n) is 18.3. The Morgan fingerprint density at radius 2 is 1.65 bits per heavy atom. The second-order valence-electron chi connectivity index (χ2n) is 7.64. The van der Waals surface area contributed by atoms with Crippen molar-refractivity contribution in [2.45, 2.75) is 43.9 Å². The molecule has 1 heterocycles. The van der Waals surface area contributed by atoms with E-state index in [4.69, 9.17) is 10.8 Å². The number of aliphatic carboxylic acids is 2. The predicted molar refractivity (Wildman–Crippen MR) is 125 cm³/mol. The van der Waals surface area contributed by atoms with E-state index < -0.39 is 60.2 Å². The molecule has 34 heavy (non-hydrogen) atoms. The molecule has 0 saturated heterocycles. The molecule has 0 fully saturated rings. The van der Waals surface area contributed by atoms with Gasteiger partial charge in [0, 0.05) is 29.3 Å². The van der Waals surface area contributed by atoms with E-state index in [0.717, 1.165) is 10.9 Å². The Balaban J connectivity index is 1.98. The second kappa shape index (κ2) is 12.0. The maximum absolute atomic E-state index is 12.6. The summed E-state index contributed by atoms with van der Waals surface area (Å²) < 4.78 is 0. The fraction of sp³-hybridized carbons (Fsp3) is 0.381. The van der Waals surface area contributed by atoms with Crippen molar-refractivity contribution in [3.05, 3.63) is 36.0 Å². The topological polar surface area (TPSA) is 204 Å². The first kappa shape index (κ1) is 26.7. The first-order valence-corrected chi connectivity index (χ1v) is 10.9. The van der Waals surface area contributed by atoms with E-state index in [1.54, 1.807) is 6.20 Å². The number of amides is 3. The lowest BCUT2D eigenvalue weighted by atomic mass is 10.0. The van der Waals surface area contributed by atoms with Crippen LogP contribution < -0.4 is 21.7 Å². The molecule has 3 amide bonds. The molecule has 4 unspecified atom stereocenters. The number of rotatable bonds is 12. The smallest absolute Gasteiger partial charge is 0.326 e. The van der Waals surface area contributed by atoms with Gasteiger partial charge >= 0.3 is 11.9 Å². The van der Waals surface area contributed by atoms with Gasteiger partial charge in [0.1, 0.15) is 18.1 Å². The van der Waals surface area contributed by atoms with Crippen molar-refractivity contribution in [2.75, 3.05) is 5.75 Å². The third-order valence-electron chi connectivity index (χ3n) is 5.01. The molecule has 2 rings (SSSR count). The summed E-state index contributed by atoms with van der Waals surface area (Å²) in [5.41, 5.74) is 7.01. The molecule has 2 aromatic rings. The van der Waals surface area contributed by atoms with E-state index in [-0.39, 0.29) is 12.2 Å². The van der Waals surface area contributed by atoms with Gasteiger partial charge in [-0.05, 0) is 18.6 Å². The summed E-state index contributed by atoms with van der Waals surface area (Å²) >= 11 is 3.99. The normalized spacial score (nSPS) is 14.4. The quantitative estimate of drug-likeness (QED) is 0.172. The van der Waals surface area contributed by atoms with Crippen LogP contribution in [0.25, 0.3) is 10.9 Å². The minimum atomic E-state index is -1.37. The van der Waals surface area contributed by atoms with E-state index in [1.807, 2.05) is 24.3 Å². The number of thiol groups is 1. The molecule has 12 nitrogen and oxygen atoms in total. The van der Waals surface area contributed by atoms with Gasteiger partial charge in [-0.1, -0.05) is 18.2 Å². The first-order valence-electron chi connectivity index (χ1n) is 10.3. The number of benzene rings is 1. The number of carbonyl (C=O) groups is 5. The number of fused-ring (bicyclic) bond motifs is 1. The van der Waals surface area contributed by atoms with Crippen LogP contribution in [0.15, 0.2) is 30.5 Å². The number of carboxylic acid groups (broad SMARTS) is 2. The highest BCUT2D eigenvalue weighted by molar-refractivity contribution is 7.80. The third-order valence-corrected chi connectivity index (χ3v) is 5.38. The number of nitrogens with one attached hydrogen (secondary N) is 4. The molecule has 0 aliphatic rings. The zero-order valence-corrected chi connectivity index (χ0v) is 19.2. The molecular formula is C21H27N5O7S. The Morgan fingerprint density at radius 1 is 1.00 bits per heavy atom. The van der Waals surface area contributed by atoms with Gasteiger partial charge in [-0.25, -0.2) is 4.79 Å². The van der Waals surface area contributed by atoms with E-state index >= 15 is 0 Å². The van der Waals surface area contributed by atoms with Crippen molar-refractivity contribution in [3.63, 3.8) is 0 Å². The van der Waals surface area contributed by atoms with Crippen LogP contribution in [0.2, 0.25) is 0 Å². The highest BCUT2D eigenvalue weighted by atomic mass is 32.1. The minimum Gasteiger partial charge on any atom is -0.481 e. The van der Waals surface area contributed by atoms with Crippen molar-refractivity contribution >= 4 is 53.2 Å². The number of aromatic nitrogens is 1. The van der Waals surface area contributed by atoms with Gasteiger partial charge in [0.2, 0.25) is 17.7 Å². The molecule has 0 saturated carbocycles. The standard InChI is InChI=1S/C21H27N5O7S/c1-10(24-20(31)16(9-34)26-19(30)13(22)7-17(27)28)18(29)25-15(21(32)33)6-11-8-23-14-5-3-2-4-12(11)14/h2-5,8,10,13,15-16,23,34H,6-7,9,22H2,1H3,(H,24,31)(H,25,29)(H,26,30)(H,27,28)(H,32,33). The highest BCUT2D eigenvalue weighted by Crippen LogP contribution is 2.19. The van der Waals surface area contributed by atoms with Crippen LogP contribution in [0.1, 0.15) is 18.9 Å². The highest BCUT2D eigenvalue weighted by Gasteiger charge is 2.28. The number of hydrogen-bond donors (Lipinski definition) is 8. The summed E-state index contributed by atoms with van der Waals surface area (Å²) in [6.45, 7) is 1.35. The number of hydrogen-bond acceptors (Lipinski definition) is 7. The minimum absolute atomic E-state index is 0.0164. The molecule has 0 bridgehead atoms. The SMILES string of the molecule is CC(NC(=O)C(CS)NC(=O)C(N)CC(=O)O)C(=O)NC(Cc1c[nH]c2ccccc12)C(=O)O. The maximum Gasteiger partial charge on any atom is 0.326 e. The van der Waals surface area contributed by atoms with E-state index in [9.17, 15) is 29.1 Å². The molecule has 13 heteroatoms. The predicted octanol–water partition coefficient (Wildman–Crippen LogP) is -0.999. The van der Waals surface area contributed by atoms with Crippen LogP contribution in [0.5, 0.6) is 0 Å². The van der Waals surface area contributed by atoms with Crippen LogP contribution in [0, 0.1) is 0 Å². The van der Waals surface area contributed by atoms with Crippen LogP contribution >= 0.6 is 12.6 Å². The lowest BCUT2D eigenvalue weighted by Gasteiger charge is -2.22. The molecular weight excluding hydrogens is 466 g/mol. The number of carbonyl (C=O) groups excluding carboxylic acids is 3. The molecule has 0 radical (unpaired) electrons. The molecule has 1 aromatic heterocycles. The van der Waals surface area contributed by atoms with Gasteiger partial charge in [0.15, 0.2) is 0 Å². The Bertz CT molecular complexity index is 1070. The molecule has 0 spiro atoms. The van der Waals surface area contributed by atoms with Crippen LogP contribution in [0.4, 0.5) is 0 Å². The number of carboxylic acids is 2. The summed E-state index contributed by atoms with van der Waals surface area (Å²) in [5, 5.41) is 26.2. The summed E-state index contributed by atoms with van der Waals surface area (Å²) in [6, 6.07) is 2.39. The summed E-state index contributed by atoms with van der Waals surface area (Å²) in [4.78, 5) is 62.5. The van der Waals surface area contributed by atoms with Crippen LogP contribution in [0.3, 0.4) is 0 Å². The Hall–Kier alpha value is -3.58. The number of nitrogens with two attached hydrogens (primary N) is 1. The second-order valence-corrected chi connectivity index (χ2v) is 8.01. The lowest BCUT2D eigenvalue weighted by molar-refractivity contribution is -0.142.